The molecule has 18 heavy (non-hydrogen) atoms. The lowest BCUT2D eigenvalue weighted by atomic mass is 10.2. The summed E-state index contributed by atoms with van der Waals surface area (Å²) in [5.74, 6) is 0. The lowest BCUT2D eigenvalue weighted by Gasteiger charge is -1.96. The van der Waals surface area contributed by atoms with Gasteiger partial charge in [0, 0.05) is 23.9 Å². The molecular weight excluding hydrogens is 246 g/mol. The second-order valence-electron chi connectivity index (χ2n) is 4.03. The van der Waals surface area contributed by atoms with Crippen LogP contribution in [0, 0.1) is 0 Å². The van der Waals surface area contributed by atoms with Crippen LogP contribution in [0.1, 0.15) is 5.69 Å². The SMILES string of the molecule is CNCCc1csc(-c2ccc3ncoc3c2)n1. The molecule has 0 atom stereocenters. The summed E-state index contributed by atoms with van der Waals surface area (Å²) in [7, 11) is 1.95. The van der Waals surface area contributed by atoms with Crippen LogP contribution in [0.3, 0.4) is 0 Å². The Morgan fingerprint density at radius 2 is 2.33 bits per heavy atom. The summed E-state index contributed by atoms with van der Waals surface area (Å²) < 4.78 is 5.31. The first-order valence-electron chi connectivity index (χ1n) is 5.79. The van der Waals surface area contributed by atoms with E-state index >= 15 is 0 Å². The van der Waals surface area contributed by atoms with Gasteiger partial charge in [-0.25, -0.2) is 9.97 Å². The van der Waals surface area contributed by atoms with Gasteiger partial charge in [0.15, 0.2) is 12.0 Å². The molecule has 5 heteroatoms. The van der Waals surface area contributed by atoms with Crippen LogP contribution in [0.2, 0.25) is 0 Å². The molecule has 0 aliphatic heterocycles. The highest BCUT2D eigenvalue weighted by atomic mass is 32.1. The molecule has 0 saturated carbocycles. The maximum atomic E-state index is 5.31. The number of oxazole rings is 1. The van der Waals surface area contributed by atoms with Crippen molar-refractivity contribution in [2.45, 2.75) is 6.42 Å². The zero-order chi connectivity index (χ0) is 12.4. The number of benzene rings is 1. The minimum Gasteiger partial charge on any atom is -0.443 e. The van der Waals surface area contributed by atoms with Gasteiger partial charge in [-0.2, -0.15) is 0 Å². The van der Waals surface area contributed by atoms with E-state index in [1.165, 1.54) is 6.39 Å². The van der Waals surface area contributed by atoms with Crippen molar-refractivity contribution in [2.24, 2.45) is 0 Å². The molecule has 3 aromatic rings. The van der Waals surface area contributed by atoms with E-state index in [1.54, 1.807) is 11.3 Å². The molecule has 0 radical (unpaired) electrons. The number of rotatable bonds is 4. The fraction of sp³-hybridized carbons (Fsp3) is 0.231. The highest BCUT2D eigenvalue weighted by molar-refractivity contribution is 7.13. The summed E-state index contributed by atoms with van der Waals surface area (Å²) in [5.41, 5.74) is 3.90. The number of fused-ring (bicyclic) bond motifs is 1. The minimum atomic E-state index is 0.805. The third kappa shape index (κ3) is 2.14. The Labute approximate surface area is 109 Å². The Morgan fingerprint density at radius 1 is 1.39 bits per heavy atom. The molecule has 0 fully saturated rings. The summed E-state index contributed by atoms with van der Waals surface area (Å²) in [5, 5.41) is 6.26. The first kappa shape index (κ1) is 11.4. The predicted molar refractivity (Wildman–Crippen MR) is 72.7 cm³/mol. The fourth-order valence-electron chi connectivity index (χ4n) is 1.80. The molecule has 92 valence electrons. The lowest BCUT2D eigenvalue weighted by molar-refractivity contribution is 0.602. The fourth-order valence-corrected chi connectivity index (χ4v) is 2.65. The molecule has 0 bridgehead atoms. The molecule has 2 heterocycles. The monoisotopic (exact) mass is 259 g/mol. The molecule has 0 amide bonds. The molecule has 1 aromatic carbocycles. The van der Waals surface area contributed by atoms with Crippen molar-refractivity contribution >= 4 is 22.4 Å². The van der Waals surface area contributed by atoms with Crippen LogP contribution in [0.15, 0.2) is 34.4 Å². The summed E-state index contributed by atoms with van der Waals surface area (Å²) in [6, 6.07) is 5.98. The van der Waals surface area contributed by atoms with Crippen molar-refractivity contribution in [1.82, 2.24) is 15.3 Å². The van der Waals surface area contributed by atoms with E-state index in [4.69, 9.17) is 4.42 Å². The Balaban J connectivity index is 1.90. The standard InChI is InChI=1S/C13H13N3OS/c1-14-5-4-10-7-18-13(16-10)9-2-3-11-12(6-9)17-8-15-11/h2-3,6-8,14H,4-5H2,1H3. The Bertz CT molecular complexity index is 659. The van der Waals surface area contributed by atoms with Gasteiger partial charge in [-0.1, -0.05) is 0 Å². The zero-order valence-electron chi connectivity index (χ0n) is 10.0. The summed E-state index contributed by atoms with van der Waals surface area (Å²) in [6.45, 7) is 0.949. The average Bonchev–Trinajstić information content (AvgIpc) is 3.04. The van der Waals surface area contributed by atoms with Crippen molar-refractivity contribution in [2.75, 3.05) is 13.6 Å². The number of hydrogen-bond donors (Lipinski definition) is 1. The van der Waals surface area contributed by atoms with Crippen LogP contribution in [-0.4, -0.2) is 23.6 Å². The maximum Gasteiger partial charge on any atom is 0.181 e. The van der Waals surface area contributed by atoms with Crippen molar-refractivity contribution in [1.29, 1.82) is 0 Å². The third-order valence-electron chi connectivity index (χ3n) is 2.76. The first-order valence-corrected chi connectivity index (χ1v) is 6.67. The molecule has 0 unspecified atom stereocenters. The highest BCUT2D eigenvalue weighted by Gasteiger charge is 2.07. The molecule has 0 aliphatic carbocycles. The lowest BCUT2D eigenvalue weighted by Crippen LogP contribution is -2.10. The van der Waals surface area contributed by atoms with Crippen molar-refractivity contribution < 1.29 is 4.42 Å². The van der Waals surface area contributed by atoms with Crippen molar-refractivity contribution in [3.8, 4) is 10.6 Å². The van der Waals surface area contributed by atoms with Crippen LogP contribution in [-0.2, 0) is 6.42 Å². The summed E-state index contributed by atoms with van der Waals surface area (Å²) >= 11 is 1.66. The van der Waals surface area contributed by atoms with Gasteiger partial charge in [-0.05, 0) is 25.2 Å². The second-order valence-corrected chi connectivity index (χ2v) is 4.89. The highest BCUT2D eigenvalue weighted by Crippen LogP contribution is 2.26. The zero-order valence-corrected chi connectivity index (χ0v) is 10.8. The smallest absolute Gasteiger partial charge is 0.181 e. The van der Waals surface area contributed by atoms with E-state index in [1.807, 2.05) is 25.2 Å². The van der Waals surface area contributed by atoms with E-state index in [0.29, 0.717) is 0 Å². The van der Waals surface area contributed by atoms with E-state index in [9.17, 15) is 0 Å². The molecule has 3 rings (SSSR count). The molecule has 0 aliphatic rings. The molecule has 0 spiro atoms. The first-order chi connectivity index (χ1) is 8.86. The van der Waals surface area contributed by atoms with Crippen LogP contribution in [0.4, 0.5) is 0 Å². The molecular formula is C13H13N3OS. The van der Waals surface area contributed by atoms with Crippen LogP contribution >= 0.6 is 11.3 Å². The molecule has 0 saturated heterocycles. The van der Waals surface area contributed by atoms with Crippen LogP contribution < -0.4 is 5.32 Å². The largest absolute Gasteiger partial charge is 0.443 e. The number of thiazole rings is 1. The summed E-state index contributed by atoms with van der Waals surface area (Å²) in [4.78, 5) is 8.73. The van der Waals surface area contributed by atoms with Crippen molar-refractivity contribution in [3.63, 3.8) is 0 Å². The van der Waals surface area contributed by atoms with Gasteiger partial charge >= 0.3 is 0 Å². The van der Waals surface area contributed by atoms with E-state index in [-0.39, 0.29) is 0 Å². The summed E-state index contributed by atoms with van der Waals surface area (Å²) in [6.07, 6.45) is 2.42. The number of aromatic nitrogens is 2. The normalized spacial score (nSPS) is 11.2. The van der Waals surface area contributed by atoms with Crippen LogP contribution in [0.25, 0.3) is 21.7 Å². The van der Waals surface area contributed by atoms with Gasteiger partial charge in [-0.3, -0.25) is 0 Å². The topological polar surface area (TPSA) is 51.0 Å². The minimum absolute atomic E-state index is 0.805. The van der Waals surface area contributed by atoms with Crippen LogP contribution in [0.5, 0.6) is 0 Å². The average molecular weight is 259 g/mol. The van der Waals surface area contributed by atoms with Crippen molar-refractivity contribution in [3.05, 3.63) is 35.7 Å². The molecule has 1 N–H and O–H groups in total. The quantitative estimate of drug-likeness (QED) is 0.782. The molecule has 2 aromatic heterocycles. The maximum absolute atomic E-state index is 5.31. The van der Waals surface area contributed by atoms with E-state index in [2.05, 4.69) is 20.7 Å². The van der Waals surface area contributed by atoms with Gasteiger partial charge < -0.3 is 9.73 Å². The van der Waals surface area contributed by atoms with E-state index in [0.717, 1.165) is 40.3 Å². The Morgan fingerprint density at radius 3 is 3.22 bits per heavy atom. The van der Waals surface area contributed by atoms with Gasteiger partial charge in [-0.15, -0.1) is 11.3 Å². The molecule has 4 nitrogen and oxygen atoms in total. The Kier molecular flexibility index (Phi) is 3.08. The van der Waals surface area contributed by atoms with Gasteiger partial charge in [0.05, 0.1) is 5.69 Å². The van der Waals surface area contributed by atoms with E-state index < -0.39 is 0 Å². The number of nitrogens with zero attached hydrogens (tertiary/aromatic N) is 2. The number of hydrogen-bond acceptors (Lipinski definition) is 5. The Hall–Kier alpha value is -1.72. The number of nitrogens with one attached hydrogen (secondary N) is 1. The third-order valence-corrected chi connectivity index (χ3v) is 3.70. The second kappa shape index (κ2) is 4.88. The van der Waals surface area contributed by atoms with Gasteiger partial charge in [0.2, 0.25) is 0 Å². The number of likely N-dealkylation sites (N-methyl/N-ethyl adjacent to an activating group) is 1. The van der Waals surface area contributed by atoms with Gasteiger partial charge in [0.25, 0.3) is 0 Å². The van der Waals surface area contributed by atoms with Gasteiger partial charge in [0.1, 0.15) is 10.5 Å². The predicted octanol–water partition coefficient (Wildman–Crippen LogP) is 2.71.